The highest BCUT2D eigenvalue weighted by Gasteiger charge is 2.11. The van der Waals surface area contributed by atoms with E-state index in [9.17, 15) is 14.0 Å². The van der Waals surface area contributed by atoms with Crippen LogP contribution in [-0.4, -0.2) is 23.3 Å². The predicted molar refractivity (Wildman–Crippen MR) is 103 cm³/mol. The zero-order chi connectivity index (χ0) is 19.1. The van der Waals surface area contributed by atoms with Crippen molar-refractivity contribution in [3.63, 3.8) is 0 Å². The van der Waals surface area contributed by atoms with Crippen LogP contribution in [0.4, 0.5) is 9.52 Å². The highest BCUT2D eigenvalue weighted by Crippen LogP contribution is 2.17. The van der Waals surface area contributed by atoms with Crippen molar-refractivity contribution in [1.29, 1.82) is 0 Å². The van der Waals surface area contributed by atoms with Crippen LogP contribution in [0.1, 0.15) is 21.6 Å². The largest absolute Gasteiger partial charge is 0.355 e. The number of anilines is 1. The molecule has 27 heavy (non-hydrogen) atoms. The van der Waals surface area contributed by atoms with Gasteiger partial charge in [-0.2, -0.15) is 0 Å². The van der Waals surface area contributed by atoms with E-state index in [1.54, 1.807) is 47.8 Å². The third-order valence-corrected chi connectivity index (χ3v) is 4.63. The monoisotopic (exact) mass is 383 g/mol. The van der Waals surface area contributed by atoms with Crippen LogP contribution in [-0.2, 0) is 17.6 Å². The fourth-order valence-corrected chi connectivity index (χ4v) is 3.17. The van der Waals surface area contributed by atoms with Crippen LogP contribution in [0.15, 0.2) is 60.0 Å². The molecule has 0 aliphatic rings. The number of hydrogen-bond donors (Lipinski definition) is 2. The van der Waals surface area contributed by atoms with Gasteiger partial charge in [-0.05, 0) is 30.2 Å². The SMILES string of the molecule is O=C(Cc1csc(NC(=O)c2ccccc2)n1)NCCc1ccccc1F. The molecule has 7 heteroatoms. The Kier molecular flexibility index (Phi) is 6.27. The number of nitrogens with zero attached hydrogens (tertiary/aromatic N) is 1. The van der Waals surface area contributed by atoms with Crippen LogP contribution < -0.4 is 10.6 Å². The summed E-state index contributed by atoms with van der Waals surface area (Å²) < 4.78 is 13.5. The molecule has 0 unspecified atom stereocenters. The lowest BCUT2D eigenvalue weighted by atomic mass is 10.1. The molecule has 0 aliphatic heterocycles. The Hall–Kier alpha value is -3.06. The van der Waals surface area contributed by atoms with E-state index < -0.39 is 0 Å². The van der Waals surface area contributed by atoms with Gasteiger partial charge in [0.15, 0.2) is 5.13 Å². The second kappa shape index (κ2) is 9.05. The van der Waals surface area contributed by atoms with Gasteiger partial charge < -0.3 is 5.32 Å². The second-order valence-corrected chi connectivity index (χ2v) is 6.69. The van der Waals surface area contributed by atoms with E-state index in [1.165, 1.54) is 17.4 Å². The highest BCUT2D eigenvalue weighted by molar-refractivity contribution is 7.14. The molecular formula is C20H18FN3O2S. The zero-order valence-corrected chi connectivity index (χ0v) is 15.3. The van der Waals surface area contributed by atoms with Crippen LogP contribution in [0.25, 0.3) is 0 Å². The molecule has 0 fully saturated rings. The van der Waals surface area contributed by atoms with Crippen molar-refractivity contribution in [2.45, 2.75) is 12.8 Å². The normalized spacial score (nSPS) is 10.4. The number of rotatable bonds is 7. The smallest absolute Gasteiger partial charge is 0.257 e. The maximum absolute atomic E-state index is 13.5. The van der Waals surface area contributed by atoms with Crippen molar-refractivity contribution in [2.24, 2.45) is 0 Å². The first-order valence-corrected chi connectivity index (χ1v) is 9.30. The highest BCUT2D eigenvalue weighted by atomic mass is 32.1. The van der Waals surface area contributed by atoms with Gasteiger partial charge in [0.1, 0.15) is 5.82 Å². The van der Waals surface area contributed by atoms with E-state index in [1.807, 2.05) is 6.07 Å². The Morgan fingerprint density at radius 1 is 1.04 bits per heavy atom. The van der Waals surface area contributed by atoms with Crippen molar-refractivity contribution in [1.82, 2.24) is 10.3 Å². The molecule has 0 spiro atoms. The summed E-state index contributed by atoms with van der Waals surface area (Å²) in [6.07, 6.45) is 0.531. The van der Waals surface area contributed by atoms with Crippen molar-refractivity contribution in [3.05, 3.63) is 82.6 Å². The zero-order valence-electron chi connectivity index (χ0n) is 14.4. The van der Waals surface area contributed by atoms with E-state index in [0.29, 0.717) is 34.9 Å². The summed E-state index contributed by atoms with van der Waals surface area (Å²) in [6, 6.07) is 15.3. The third-order valence-electron chi connectivity index (χ3n) is 3.82. The topological polar surface area (TPSA) is 71.1 Å². The number of halogens is 1. The van der Waals surface area contributed by atoms with Crippen LogP contribution in [0.3, 0.4) is 0 Å². The average molecular weight is 383 g/mol. The van der Waals surface area contributed by atoms with Crippen LogP contribution in [0, 0.1) is 5.82 Å². The molecule has 0 radical (unpaired) electrons. The lowest BCUT2D eigenvalue weighted by Gasteiger charge is -2.05. The van der Waals surface area contributed by atoms with Crippen molar-refractivity contribution in [2.75, 3.05) is 11.9 Å². The fourth-order valence-electron chi connectivity index (χ4n) is 2.47. The first-order valence-electron chi connectivity index (χ1n) is 8.43. The van der Waals surface area contributed by atoms with Crippen molar-refractivity contribution >= 4 is 28.3 Å². The van der Waals surface area contributed by atoms with Crippen LogP contribution in [0.2, 0.25) is 0 Å². The van der Waals surface area contributed by atoms with E-state index in [0.717, 1.165) is 0 Å². The summed E-state index contributed by atoms with van der Waals surface area (Å²) in [4.78, 5) is 28.4. The van der Waals surface area contributed by atoms with Gasteiger partial charge in [-0.15, -0.1) is 11.3 Å². The standard InChI is InChI=1S/C20H18FN3O2S/c21-17-9-5-4-6-14(17)10-11-22-18(25)12-16-13-27-20(23-16)24-19(26)15-7-2-1-3-8-15/h1-9,13H,10-12H2,(H,22,25)(H,23,24,26). The molecule has 3 rings (SSSR count). The number of carbonyl (C=O) groups is 2. The van der Waals surface area contributed by atoms with E-state index in [4.69, 9.17) is 0 Å². The van der Waals surface area contributed by atoms with Gasteiger partial charge in [0.05, 0.1) is 12.1 Å². The number of carbonyl (C=O) groups excluding carboxylic acids is 2. The fraction of sp³-hybridized carbons (Fsp3) is 0.150. The number of thiazole rings is 1. The number of nitrogens with one attached hydrogen (secondary N) is 2. The molecule has 138 valence electrons. The Labute approximate surface area is 160 Å². The molecule has 0 saturated heterocycles. The van der Waals surface area contributed by atoms with Crippen LogP contribution >= 0.6 is 11.3 Å². The molecule has 0 saturated carbocycles. The molecule has 3 aromatic rings. The van der Waals surface area contributed by atoms with E-state index in [-0.39, 0.29) is 24.1 Å². The summed E-state index contributed by atoms with van der Waals surface area (Å²) in [5.74, 6) is -0.714. The quantitative estimate of drug-likeness (QED) is 0.657. The maximum Gasteiger partial charge on any atom is 0.257 e. The van der Waals surface area contributed by atoms with Gasteiger partial charge in [-0.3, -0.25) is 14.9 Å². The Morgan fingerprint density at radius 2 is 1.78 bits per heavy atom. The molecule has 0 atom stereocenters. The second-order valence-electron chi connectivity index (χ2n) is 5.83. The van der Waals surface area contributed by atoms with E-state index >= 15 is 0 Å². The minimum absolute atomic E-state index is 0.106. The van der Waals surface area contributed by atoms with Crippen molar-refractivity contribution < 1.29 is 14.0 Å². The first kappa shape index (κ1) is 18.7. The lowest BCUT2D eigenvalue weighted by molar-refractivity contribution is -0.120. The molecule has 1 aromatic heterocycles. The average Bonchev–Trinajstić information content (AvgIpc) is 3.10. The van der Waals surface area contributed by atoms with E-state index in [2.05, 4.69) is 15.6 Å². The summed E-state index contributed by atoms with van der Waals surface area (Å²) in [6.45, 7) is 0.349. The molecule has 0 aliphatic carbocycles. The van der Waals surface area contributed by atoms with Gasteiger partial charge >= 0.3 is 0 Å². The number of benzene rings is 2. The molecule has 1 heterocycles. The molecular weight excluding hydrogens is 365 g/mol. The van der Waals surface area contributed by atoms with Gasteiger partial charge in [0.25, 0.3) is 5.91 Å². The first-order chi connectivity index (χ1) is 13.1. The van der Waals surface area contributed by atoms with Gasteiger partial charge in [0, 0.05) is 17.5 Å². The Morgan fingerprint density at radius 3 is 2.56 bits per heavy atom. The van der Waals surface area contributed by atoms with Crippen molar-refractivity contribution in [3.8, 4) is 0 Å². The molecule has 0 bridgehead atoms. The number of aromatic nitrogens is 1. The van der Waals surface area contributed by atoms with Crippen LogP contribution in [0.5, 0.6) is 0 Å². The number of amides is 2. The molecule has 2 amide bonds. The minimum atomic E-state index is -0.273. The molecule has 5 nitrogen and oxygen atoms in total. The molecule has 2 aromatic carbocycles. The third kappa shape index (κ3) is 5.46. The number of hydrogen-bond acceptors (Lipinski definition) is 4. The van der Waals surface area contributed by atoms with Gasteiger partial charge in [-0.1, -0.05) is 36.4 Å². The Balaban J connectivity index is 1.46. The minimum Gasteiger partial charge on any atom is -0.355 e. The van der Waals surface area contributed by atoms with Gasteiger partial charge in [-0.25, -0.2) is 9.37 Å². The lowest BCUT2D eigenvalue weighted by Crippen LogP contribution is -2.27. The summed E-state index contributed by atoms with van der Waals surface area (Å²) >= 11 is 1.26. The molecule has 2 N–H and O–H groups in total. The maximum atomic E-state index is 13.5. The summed E-state index contributed by atoms with van der Waals surface area (Å²) in [5.41, 5.74) is 1.68. The van der Waals surface area contributed by atoms with Gasteiger partial charge in [0.2, 0.25) is 5.91 Å². The Bertz CT molecular complexity index is 928. The summed E-state index contributed by atoms with van der Waals surface area (Å²) in [7, 11) is 0. The summed E-state index contributed by atoms with van der Waals surface area (Å²) in [5, 5.41) is 7.65. The predicted octanol–water partition coefficient (Wildman–Crippen LogP) is 3.44.